The fourth-order valence-electron chi connectivity index (χ4n) is 2.94. The average molecular weight is 309 g/mol. The van der Waals surface area contributed by atoms with Crippen LogP contribution in [0.4, 0.5) is 0 Å². The molecule has 0 spiro atoms. The number of ether oxygens (including phenoxy) is 3. The molecule has 0 bridgehead atoms. The number of benzene rings is 1. The van der Waals surface area contributed by atoms with E-state index in [1.165, 1.54) is 19.3 Å². The minimum absolute atomic E-state index is 0.207. The van der Waals surface area contributed by atoms with Crippen molar-refractivity contribution < 1.29 is 19.3 Å². The third kappa shape index (κ3) is 4.60. The number of methoxy groups -OCH3 is 2. The van der Waals surface area contributed by atoms with Gasteiger partial charge in [0.15, 0.2) is 6.79 Å². The molecule has 5 heteroatoms. The van der Waals surface area contributed by atoms with Crippen LogP contribution in [0.15, 0.2) is 18.2 Å². The zero-order valence-corrected chi connectivity index (χ0v) is 13.6. The Kier molecular flexibility index (Phi) is 6.96. The van der Waals surface area contributed by atoms with E-state index < -0.39 is 0 Å². The van der Waals surface area contributed by atoms with E-state index in [0.29, 0.717) is 0 Å². The molecule has 0 aliphatic carbocycles. The number of aliphatic hydroxyl groups is 1. The second kappa shape index (κ2) is 8.98. The SMILES string of the molecule is COCOc1ccc(OC)cc1CN1CCCCCC1CO. The lowest BCUT2D eigenvalue weighted by atomic mass is 10.1. The van der Waals surface area contributed by atoms with Gasteiger partial charge in [0.2, 0.25) is 0 Å². The summed E-state index contributed by atoms with van der Waals surface area (Å²) in [4.78, 5) is 2.35. The van der Waals surface area contributed by atoms with E-state index >= 15 is 0 Å². The molecule has 1 fully saturated rings. The zero-order valence-electron chi connectivity index (χ0n) is 13.6. The summed E-state index contributed by atoms with van der Waals surface area (Å²) in [6.07, 6.45) is 4.65. The predicted molar refractivity (Wildman–Crippen MR) is 85.2 cm³/mol. The van der Waals surface area contributed by atoms with Crippen LogP contribution in [0.5, 0.6) is 11.5 Å². The lowest BCUT2D eigenvalue weighted by Gasteiger charge is -2.29. The molecule has 0 radical (unpaired) electrons. The summed E-state index contributed by atoms with van der Waals surface area (Å²) in [5, 5.41) is 9.66. The number of hydrogen-bond acceptors (Lipinski definition) is 5. The van der Waals surface area contributed by atoms with Crippen LogP contribution in [0.2, 0.25) is 0 Å². The Morgan fingerprint density at radius 1 is 1.23 bits per heavy atom. The van der Waals surface area contributed by atoms with Gasteiger partial charge in [-0.2, -0.15) is 0 Å². The molecule has 1 aromatic rings. The molecule has 1 N–H and O–H groups in total. The Labute approximate surface area is 132 Å². The van der Waals surface area contributed by atoms with Crippen molar-refractivity contribution in [2.24, 2.45) is 0 Å². The maximum atomic E-state index is 9.66. The van der Waals surface area contributed by atoms with Crippen molar-refractivity contribution in [2.45, 2.75) is 38.3 Å². The highest BCUT2D eigenvalue weighted by Gasteiger charge is 2.21. The first-order chi connectivity index (χ1) is 10.8. The topological polar surface area (TPSA) is 51.2 Å². The van der Waals surface area contributed by atoms with Gasteiger partial charge >= 0.3 is 0 Å². The fraction of sp³-hybridized carbons (Fsp3) is 0.647. The Bertz CT molecular complexity index is 452. The van der Waals surface area contributed by atoms with Crippen LogP contribution < -0.4 is 9.47 Å². The van der Waals surface area contributed by atoms with Gasteiger partial charge in [-0.15, -0.1) is 0 Å². The maximum Gasteiger partial charge on any atom is 0.188 e. The summed E-state index contributed by atoms with van der Waals surface area (Å²) in [7, 11) is 3.27. The molecular weight excluding hydrogens is 282 g/mol. The first-order valence-corrected chi connectivity index (χ1v) is 7.92. The number of nitrogens with zero attached hydrogens (tertiary/aromatic N) is 1. The summed E-state index contributed by atoms with van der Waals surface area (Å²) in [6.45, 7) is 2.19. The van der Waals surface area contributed by atoms with Crippen molar-refractivity contribution in [3.8, 4) is 11.5 Å². The van der Waals surface area contributed by atoms with Gasteiger partial charge in [-0.25, -0.2) is 0 Å². The minimum Gasteiger partial charge on any atom is -0.497 e. The highest BCUT2D eigenvalue weighted by Crippen LogP contribution is 2.28. The van der Waals surface area contributed by atoms with Gasteiger partial charge in [0.25, 0.3) is 0 Å². The molecule has 1 unspecified atom stereocenters. The van der Waals surface area contributed by atoms with Crippen LogP contribution in [0.3, 0.4) is 0 Å². The number of likely N-dealkylation sites (tertiary alicyclic amines) is 1. The smallest absolute Gasteiger partial charge is 0.188 e. The van der Waals surface area contributed by atoms with Crippen molar-refractivity contribution in [1.82, 2.24) is 4.90 Å². The van der Waals surface area contributed by atoms with E-state index in [9.17, 15) is 5.11 Å². The van der Waals surface area contributed by atoms with Gasteiger partial charge in [0.05, 0.1) is 13.7 Å². The molecule has 0 aromatic heterocycles. The molecule has 1 heterocycles. The van der Waals surface area contributed by atoms with Gasteiger partial charge in [0, 0.05) is 25.3 Å². The predicted octanol–water partition coefficient (Wildman–Crippen LogP) is 2.41. The normalized spacial score (nSPS) is 19.7. The van der Waals surface area contributed by atoms with Gasteiger partial charge in [-0.05, 0) is 37.6 Å². The largest absolute Gasteiger partial charge is 0.497 e. The molecule has 1 atom stereocenters. The standard InChI is InChI=1S/C17H27NO4/c1-20-13-22-17-8-7-16(21-2)10-14(17)11-18-9-5-3-4-6-15(18)12-19/h7-8,10,15,19H,3-6,9,11-13H2,1-2H3. The molecule has 1 aromatic carbocycles. The molecule has 124 valence electrons. The lowest BCUT2D eigenvalue weighted by molar-refractivity contribution is 0.0489. The second-order valence-electron chi connectivity index (χ2n) is 5.68. The van der Waals surface area contributed by atoms with E-state index in [2.05, 4.69) is 4.90 Å². The third-order valence-corrected chi connectivity index (χ3v) is 4.18. The first kappa shape index (κ1) is 17.1. The van der Waals surface area contributed by atoms with Gasteiger partial charge in [-0.1, -0.05) is 12.8 Å². The van der Waals surface area contributed by atoms with Gasteiger partial charge in [0.1, 0.15) is 11.5 Å². The van der Waals surface area contributed by atoms with Gasteiger partial charge in [-0.3, -0.25) is 4.90 Å². The maximum absolute atomic E-state index is 9.66. The minimum atomic E-state index is 0.207. The molecule has 5 nitrogen and oxygen atoms in total. The summed E-state index contributed by atoms with van der Waals surface area (Å²) in [6, 6.07) is 6.04. The number of hydrogen-bond donors (Lipinski definition) is 1. The first-order valence-electron chi connectivity index (χ1n) is 7.92. The average Bonchev–Trinajstić information content (AvgIpc) is 2.78. The fourth-order valence-corrected chi connectivity index (χ4v) is 2.94. The Morgan fingerprint density at radius 3 is 2.82 bits per heavy atom. The Balaban J connectivity index is 2.17. The zero-order chi connectivity index (χ0) is 15.8. The lowest BCUT2D eigenvalue weighted by Crippen LogP contribution is -2.37. The van der Waals surface area contributed by atoms with E-state index in [4.69, 9.17) is 14.2 Å². The van der Waals surface area contributed by atoms with E-state index in [1.54, 1.807) is 14.2 Å². The summed E-state index contributed by atoms with van der Waals surface area (Å²) < 4.78 is 16.0. The van der Waals surface area contributed by atoms with Crippen LogP contribution in [-0.2, 0) is 11.3 Å². The summed E-state index contributed by atoms with van der Waals surface area (Å²) in [5.41, 5.74) is 1.07. The van der Waals surface area contributed by atoms with Crippen molar-refractivity contribution in [3.05, 3.63) is 23.8 Å². The van der Waals surface area contributed by atoms with Crippen LogP contribution in [0.1, 0.15) is 31.2 Å². The molecule has 1 aliphatic heterocycles. The quantitative estimate of drug-likeness (QED) is 0.784. The van der Waals surface area contributed by atoms with E-state index in [0.717, 1.165) is 36.6 Å². The molecule has 0 amide bonds. The molecule has 0 saturated carbocycles. The molecule has 22 heavy (non-hydrogen) atoms. The second-order valence-corrected chi connectivity index (χ2v) is 5.68. The highest BCUT2D eigenvalue weighted by atomic mass is 16.7. The highest BCUT2D eigenvalue weighted by molar-refractivity contribution is 5.40. The summed E-state index contributed by atoms with van der Waals surface area (Å²) >= 11 is 0. The Morgan fingerprint density at radius 2 is 2.09 bits per heavy atom. The van der Waals surface area contributed by atoms with Crippen LogP contribution in [0, 0.1) is 0 Å². The van der Waals surface area contributed by atoms with E-state index in [-0.39, 0.29) is 19.4 Å². The Hall–Kier alpha value is -1.30. The number of aliphatic hydroxyl groups excluding tert-OH is 1. The molecule has 1 saturated heterocycles. The molecule has 1 aliphatic rings. The molecular formula is C17H27NO4. The van der Waals surface area contributed by atoms with Crippen molar-refractivity contribution in [3.63, 3.8) is 0 Å². The van der Waals surface area contributed by atoms with Gasteiger partial charge < -0.3 is 19.3 Å². The van der Waals surface area contributed by atoms with Crippen molar-refractivity contribution in [2.75, 3.05) is 34.2 Å². The monoisotopic (exact) mass is 309 g/mol. The third-order valence-electron chi connectivity index (χ3n) is 4.18. The van der Waals surface area contributed by atoms with Crippen LogP contribution in [0.25, 0.3) is 0 Å². The number of rotatable bonds is 7. The van der Waals surface area contributed by atoms with Crippen LogP contribution >= 0.6 is 0 Å². The van der Waals surface area contributed by atoms with E-state index in [1.807, 2.05) is 18.2 Å². The van der Waals surface area contributed by atoms with Crippen molar-refractivity contribution >= 4 is 0 Å². The van der Waals surface area contributed by atoms with Crippen LogP contribution in [-0.4, -0.2) is 50.2 Å². The summed E-state index contributed by atoms with van der Waals surface area (Å²) in [5.74, 6) is 1.62. The molecule has 2 rings (SSSR count). The van der Waals surface area contributed by atoms with Crippen molar-refractivity contribution in [1.29, 1.82) is 0 Å².